The number of halogens is 6. The number of anilines is 2. The highest BCUT2D eigenvalue weighted by molar-refractivity contribution is 6.02. The number of nitrogens with zero attached hydrogens (tertiary/aromatic N) is 2. The minimum Gasteiger partial charge on any atom is -0.380 e. The Hall–Kier alpha value is -2.77. The minimum atomic E-state index is -4.83. The third kappa shape index (κ3) is 6.44. The van der Waals surface area contributed by atoms with Gasteiger partial charge in [-0.25, -0.2) is 0 Å². The number of amides is 1. The average Bonchev–Trinajstić information content (AvgIpc) is 2.83. The molecule has 8 nitrogen and oxygen atoms in total. The van der Waals surface area contributed by atoms with Crippen molar-refractivity contribution in [1.82, 2.24) is 5.32 Å². The van der Waals surface area contributed by atoms with E-state index >= 15 is 0 Å². The maximum absolute atomic E-state index is 13.3. The Morgan fingerprint density at radius 2 is 1.74 bits per heavy atom. The summed E-state index contributed by atoms with van der Waals surface area (Å²) in [6.07, 6.45) is -10.0. The molecule has 1 aromatic rings. The monoisotopic (exact) mass is 554 g/mol. The predicted molar refractivity (Wildman–Crippen MR) is 128 cm³/mol. The van der Waals surface area contributed by atoms with Gasteiger partial charge in [0.25, 0.3) is 11.6 Å². The van der Waals surface area contributed by atoms with Crippen LogP contribution in [0.4, 0.5) is 43.4 Å². The number of rotatable bonds is 7. The maximum atomic E-state index is 13.3. The summed E-state index contributed by atoms with van der Waals surface area (Å²) in [5, 5.41) is 27.3. The molecule has 1 saturated carbocycles. The van der Waals surface area contributed by atoms with Crippen LogP contribution in [0.25, 0.3) is 0 Å². The van der Waals surface area contributed by atoms with Crippen molar-refractivity contribution in [3.05, 3.63) is 27.8 Å². The van der Waals surface area contributed by atoms with Crippen molar-refractivity contribution in [2.24, 2.45) is 11.8 Å². The Labute approximate surface area is 215 Å². The molecule has 0 spiro atoms. The normalized spacial score (nSPS) is 23.0. The molecule has 1 aliphatic carbocycles. The SMILES string of the molecule is CCNc1cc(N2CCC(O)(C(F)(F)F)CC2)c(C(=O)N[C@H](C)C2CCC(C(F)(F)F)CC2)cc1[N+](=O)[O-]. The van der Waals surface area contributed by atoms with E-state index in [-0.39, 0.29) is 61.6 Å². The summed E-state index contributed by atoms with van der Waals surface area (Å²) < 4.78 is 78.9. The second kappa shape index (κ2) is 11.1. The summed E-state index contributed by atoms with van der Waals surface area (Å²) in [6, 6.07) is 1.86. The molecule has 0 unspecified atom stereocenters. The molecule has 14 heteroatoms. The van der Waals surface area contributed by atoms with E-state index in [1.165, 1.54) is 11.0 Å². The van der Waals surface area contributed by atoms with Gasteiger partial charge in [0, 0.05) is 44.6 Å². The standard InChI is InChI=1S/C24H32F6N4O4/c1-3-31-18-13-19(33-10-8-22(36,9-11-33)24(28,29)30)17(12-20(18)34(37)38)21(35)32-14(2)15-4-6-16(7-5-15)23(25,26)27/h12-16,31,36H,3-11H2,1-2H3,(H,32,35)/t14-,15?,16?/m1/s1. The van der Waals surface area contributed by atoms with Crippen LogP contribution in [0.1, 0.15) is 62.7 Å². The lowest BCUT2D eigenvalue weighted by Gasteiger charge is -2.40. The summed E-state index contributed by atoms with van der Waals surface area (Å²) >= 11 is 0. The van der Waals surface area contributed by atoms with E-state index in [1.807, 2.05) is 0 Å². The molecule has 0 bridgehead atoms. The van der Waals surface area contributed by atoms with Crippen molar-refractivity contribution in [1.29, 1.82) is 0 Å². The first-order valence-electron chi connectivity index (χ1n) is 12.5. The zero-order valence-electron chi connectivity index (χ0n) is 21.1. The number of hydrogen-bond donors (Lipinski definition) is 3. The van der Waals surface area contributed by atoms with Gasteiger partial charge in [0.05, 0.1) is 22.1 Å². The molecule has 3 rings (SSSR count). The topological polar surface area (TPSA) is 108 Å². The first-order valence-corrected chi connectivity index (χ1v) is 12.5. The van der Waals surface area contributed by atoms with Crippen LogP contribution < -0.4 is 15.5 Å². The molecule has 1 saturated heterocycles. The number of carbonyl (C=O) groups is 1. The van der Waals surface area contributed by atoms with E-state index in [1.54, 1.807) is 13.8 Å². The Balaban J connectivity index is 1.86. The van der Waals surface area contributed by atoms with Crippen LogP contribution in [-0.4, -0.2) is 59.6 Å². The molecule has 2 fully saturated rings. The second-order valence-corrected chi connectivity index (χ2v) is 10.1. The largest absolute Gasteiger partial charge is 0.417 e. The number of hydrogen-bond acceptors (Lipinski definition) is 6. The number of carbonyl (C=O) groups excluding carboxylic acids is 1. The van der Waals surface area contributed by atoms with Crippen molar-refractivity contribution in [3.8, 4) is 0 Å². The van der Waals surface area contributed by atoms with Crippen LogP contribution in [0.3, 0.4) is 0 Å². The number of nitrogens with one attached hydrogen (secondary N) is 2. The molecule has 3 N–H and O–H groups in total. The number of benzene rings is 1. The fraction of sp³-hybridized carbons (Fsp3) is 0.708. The van der Waals surface area contributed by atoms with Crippen LogP contribution in [-0.2, 0) is 0 Å². The zero-order valence-corrected chi connectivity index (χ0v) is 21.1. The van der Waals surface area contributed by atoms with Crippen LogP contribution in [0.2, 0.25) is 0 Å². The number of aliphatic hydroxyl groups is 1. The molecule has 214 valence electrons. The van der Waals surface area contributed by atoms with Crippen molar-refractivity contribution >= 4 is 23.0 Å². The van der Waals surface area contributed by atoms with Crippen LogP contribution in [0.15, 0.2) is 12.1 Å². The summed E-state index contributed by atoms with van der Waals surface area (Å²) in [7, 11) is 0. The van der Waals surface area contributed by atoms with Crippen molar-refractivity contribution < 1.29 is 41.2 Å². The van der Waals surface area contributed by atoms with E-state index in [2.05, 4.69) is 10.6 Å². The highest BCUT2D eigenvalue weighted by Crippen LogP contribution is 2.42. The van der Waals surface area contributed by atoms with Crippen LogP contribution in [0.5, 0.6) is 0 Å². The summed E-state index contributed by atoms with van der Waals surface area (Å²) in [4.78, 5) is 25.8. The van der Waals surface area contributed by atoms with Gasteiger partial charge in [-0.15, -0.1) is 0 Å². The molecule has 0 radical (unpaired) electrons. The molecule has 0 aromatic heterocycles. The molecule has 1 amide bonds. The van der Waals surface area contributed by atoms with Crippen molar-refractivity contribution in [3.63, 3.8) is 0 Å². The lowest BCUT2D eigenvalue weighted by Crippen LogP contribution is -2.53. The maximum Gasteiger partial charge on any atom is 0.417 e. The first kappa shape index (κ1) is 29.8. The van der Waals surface area contributed by atoms with E-state index in [4.69, 9.17) is 0 Å². The Morgan fingerprint density at radius 1 is 1.16 bits per heavy atom. The quantitative estimate of drug-likeness (QED) is 0.237. The lowest BCUT2D eigenvalue weighted by molar-refractivity contribution is -0.384. The number of nitro groups is 1. The van der Waals surface area contributed by atoms with Gasteiger partial charge in [0.15, 0.2) is 5.60 Å². The van der Waals surface area contributed by atoms with E-state index < -0.39 is 59.3 Å². The molecular formula is C24H32F6N4O4. The molecule has 2 aliphatic rings. The summed E-state index contributed by atoms with van der Waals surface area (Å²) in [5.74, 6) is -2.33. The Morgan fingerprint density at radius 3 is 2.21 bits per heavy atom. The third-order valence-corrected chi connectivity index (χ3v) is 7.68. The smallest absolute Gasteiger partial charge is 0.380 e. The molecule has 1 aromatic carbocycles. The lowest BCUT2D eigenvalue weighted by atomic mass is 9.78. The summed E-state index contributed by atoms with van der Waals surface area (Å²) in [5.41, 5.74) is -3.16. The van der Waals surface area contributed by atoms with E-state index in [9.17, 15) is 46.4 Å². The van der Waals surface area contributed by atoms with E-state index in [0.717, 1.165) is 6.07 Å². The first-order chi connectivity index (χ1) is 17.6. The van der Waals surface area contributed by atoms with Gasteiger partial charge in [-0.1, -0.05) is 0 Å². The van der Waals surface area contributed by atoms with Gasteiger partial charge in [-0.05, 0) is 51.5 Å². The fourth-order valence-corrected chi connectivity index (χ4v) is 5.25. The molecule has 38 heavy (non-hydrogen) atoms. The van der Waals surface area contributed by atoms with Gasteiger partial charge >= 0.3 is 12.4 Å². The Kier molecular flexibility index (Phi) is 8.74. The van der Waals surface area contributed by atoms with Crippen molar-refractivity contribution in [2.75, 3.05) is 29.9 Å². The van der Waals surface area contributed by atoms with Gasteiger partial charge in [0.2, 0.25) is 0 Å². The predicted octanol–water partition coefficient (Wildman–Crippen LogP) is 5.41. The highest BCUT2D eigenvalue weighted by Gasteiger charge is 2.54. The second-order valence-electron chi connectivity index (χ2n) is 10.1. The van der Waals surface area contributed by atoms with Gasteiger partial charge in [-0.2, -0.15) is 26.3 Å². The number of alkyl halides is 6. The van der Waals surface area contributed by atoms with Gasteiger partial charge in [0.1, 0.15) is 5.69 Å². The Bertz CT molecular complexity index is 1020. The molecule has 1 heterocycles. The fourth-order valence-electron chi connectivity index (χ4n) is 5.25. The zero-order chi connectivity index (χ0) is 28.5. The molecule has 1 aliphatic heterocycles. The van der Waals surface area contributed by atoms with Crippen LogP contribution in [0, 0.1) is 22.0 Å². The minimum absolute atomic E-state index is 0.0572. The number of nitro benzene ring substituents is 1. The molecular weight excluding hydrogens is 522 g/mol. The van der Waals surface area contributed by atoms with Crippen molar-refractivity contribution in [2.45, 2.75) is 76.4 Å². The number of piperidine rings is 1. The third-order valence-electron chi connectivity index (χ3n) is 7.68. The van der Waals surface area contributed by atoms with Crippen LogP contribution >= 0.6 is 0 Å². The van der Waals surface area contributed by atoms with E-state index in [0.29, 0.717) is 6.54 Å². The van der Waals surface area contributed by atoms with Gasteiger partial charge < -0.3 is 20.6 Å². The summed E-state index contributed by atoms with van der Waals surface area (Å²) in [6.45, 7) is 3.15. The average molecular weight is 555 g/mol. The van der Waals surface area contributed by atoms with Gasteiger partial charge in [-0.3, -0.25) is 14.9 Å². The highest BCUT2D eigenvalue weighted by atomic mass is 19.4. The molecule has 1 atom stereocenters.